The van der Waals surface area contributed by atoms with Gasteiger partial charge in [0, 0.05) is 23.5 Å². The third-order valence-corrected chi connectivity index (χ3v) is 5.59. The zero-order valence-electron chi connectivity index (χ0n) is 14.7. The average molecular weight is 382 g/mol. The Bertz CT molecular complexity index is 951. The Morgan fingerprint density at radius 2 is 1.74 bits per heavy atom. The fraction of sp³-hybridized carbons (Fsp3) is 0.190. The van der Waals surface area contributed by atoms with Crippen molar-refractivity contribution in [2.24, 2.45) is 0 Å². The predicted molar refractivity (Wildman–Crippen MR) is 107 cm³/mol. The molecule has 1 aliphatic heterocycles. The van der Waals surface area contributed by atoms with E-state index in [1.54, 1.807) is 30.3 Å². The van der Waals surface area contributed by atoms with E-state index in [1.807, 2.05) is 24.3 Å². The number of ether oxygens (including phenoxy) is 1. The number of benzene rings is 2. The molecule has 2 aromatic carbocycles. The maximum Gasteiger partial charge on any atom is 0.265 e. The van der Waals surface area contributed by atoms with Crippen molar-refractivity contribution < 1.29 is 13.9 Å². The van der Waals surface area contributed by atoms with E-state index in [1.165, 1.54) is 17.4 Å². The number of amides is 1. The molecule has 1 amide bonds. The summed E-state index contributed by atoms with van der Waals surface area (Å²) in [6.07, 6.45) is 0. The quantitative estimate of drug-likeness (QED) is 0.715. The predicted octanol–water partition coefficient (Wildman–Crippen LogP) is 4.64. The minimum atomic E-state index is -0.288. The highest BCUT2D eigenvalue weighted by Crippen LogP contribution is 2.32. The molecule has 1 N–H and O–H groups in total. The molecule has 3 aromatic rings. The Balaban J connectivity index is 1.54. The summed E-state index contributed by atoms with van der Waals surface area (Å²) in [6.45, 7) is 2.95. The van der Waals surface area contributed by atoms with Crippen LogP contribution in [0.3, 0.4) is 0 Å². The van der Waals surface area contributed by atoms with E-state index in [-0.39, 0.29) is 11.7 Å². The van der Waals surface area contributed by atoms with E-state index in [9.17, 15) is 9.18 Å². The molecule has 0 spiro atoms. The van der Waals surface area contributed by atoms with Gasteiger partial charge in [-0.2, -0.15) is 0 Å². The Morgan fingerprint density at radius 3 is 2.56 bits per heavy atom. The van der Waals surface area contributed by atoms with E-state index in [2.05, 4.69) is 10.2 Å². The zero-order valence-corrected chi connectivity index (χ0v) is 15.5. The van der Waals surface area contributed by atoms with Crippen molar-refractivity contribution in [2.75, 3.05) is 36.5 Å². The Morgan fingerprint density at radius 1 is 1.00 bits per heavy atom. The van der Waals surface area contributed by atoms with Crippen LogP contribution in [-0.2, 0) is 4.74 Å². The lowest BCUT2D eigenvalue weighted by atomic mass is 10.2. The summed E-state index contributed by atoms with van der Waals surface area (Å²) in [7, 11) is 0. The smallest absolute Gasteiger partial charge is 0.265 e. The van der Waals surface area contributed by atoms with Crippen LogP contribution in [0.1, 0.15) is 9.67 Å². The van der Waals surface area contributed by atoms with Gasteiger partial charge in [0.2, 0.25) is 0 Å². The fourth-order valence-corrected chi connectivity index (χ4v) is 4.04. The summed E-state index contributed by atoms with van der Waals surface area (Å²) in [4.78, 5) is 16.2. The van der Waals surface area contributed by atoms with Crippen molar-refractivity contribution in [3.05, 3.63) is 71.4 Å². The SMILES string of the molecule is O=C(Nc1ccccc1N1CCOCC1)c1ccc(-c2ccccc2F)s1. The molecule has 0 bridgehead atoms. The molecule has 4 nitrogen and oxygen atoms in total. The number of nitrogens with zero attached hydrogens (tertiary/aromatic N) is 1. The molecule has 0 radical (unpaired) electrons. The van der Waals surface area contributed by atoms with Gasteiger partial charge in [-0.05, 0) is 30.3 Å². The molecule has 1 aromatic heterocycles. The number of anilines is 2. The van der Waals surface area contributed by atoms with Gasteiger partial charge in [0.1, 0.15) is 5.82 Å². The summed E-state index contributed by atoms with van der Waals surface area (Å²) >= 11 is 1.28. The number of carbonyl (C=O) groups is 1. The number of halogens is 1. The van der Waals surface area contributed by atoms with Gasteiger partial charge in [0.25, 0.3) is 5.91 Å². The largest absolute Gasteiger partial charge is 0.378 e. The molecule has 1 aliphatic rings. The topological polar surface area (TPSA) is 41.6 Å². The molecule has 0 saturated carbocycles. The summed E-state index contributed by atoms with van der Waals surface area (Å²) in [5.41, 5.74) is 2.26. The standard InChI is InChI=1S/C21H19FN2O2S/c22-16-6-2-1-5-15(16)19-9-10-20(27-19)21(25)23-17-7-3-4-8-18(17)24-11-13-26-14-12-24/h1-10H,11-14H2,(H,23,25). The van der Waals surface area contributed by atoms with Crippen molar-refractivity contribution in [1.29, 1.82) is 0 Å². The van der Waals surface area contributed by atoms with Crippen LogP contribution in [0.2, 0.25) is 0 Å². The molecule has 4 rings (SSSR count). The Hall–Kier alpha value is -2.70. The van der Waals surface area contributed by atoms with Gasteiger partial charge in [-0.15, -0.1) is 11.3 Å². The van der Waals surface area contributed by atoms with Crippen molar-refractivity contribution in [1.82, 2.24) is 0 Å². The van der Waals surface area contributed by atoms with E-state index in [4.69, 9.17) is 4.74 Å². The third kappa shape index (κ3) is 3.86. The van der Waals surface area contributed by atoms with E-state index >= 15 is 0 Å². The minimum Gasteiger partial charge on any atom is -0.378 e. The van der Waals surface area contributed by atoms with Gasteiger partial charge < -0.3 is 15.0 Å². The second kappa shape index (κ2) is 7.90. The lowest BCUT2D eigenvalue weighted by molar-refractivity contribution is 0.103. The van der Waals surface area contributed by atoms with Crippen molar-refractivity contribution >= 4 is 28.6 Å². The van der Waals surface area contributed by atoms with Gasteiger partial charge in [0.15, 0.2) is 0 Å². The number of hydrogen-bond donors (Lipinski definition) is 1. The van der Waals surface area contributed by atoms with E-state index in [0.29, 0.717) is 23.7 Å². The van der Waals surface area contributed by atoms with Crippen molar-refractivity contribution in [3.8, 4) is 10.4 Å². The van der Waals surface area contributed by atoms with Crippen LogP contribution >= 0.6 is 11.3 Å². The van der Waals surface area contributed by atoms with Gasteiger partial charge in [-0.1, -0.05) is 30.3 Å². The lowest BCUT2D eigenvalue weighted by Crippen LogP contribution is -2.36. The summed E-state index contributed by atoms with van der Waals surface area (Å²) in [5.74, 6) is -0.479. The molecule has 0 unspecified atom stereocenters. The number of morpholine rings is 1. The molecule has 1 fully saturated rings. The van der Waals surface area contributed by atoms with Gasteiger partial charge >= 0.3 is 0 Å². The number of hydrogen-bond acceptors (Lipinski definition) is 4. The summed E-state index contributed by atoms with van der Waals surface area (Å²) < 4.78 is 19.4. The number of rotatable bonds is 4. The first kappa shape index (κ1) is 17.7. The average Bonchev–Trinajstić information content (AvgIpc) is 3.19. The molecule has 138 valence electrons. The first-order chi connectivity index (χ1) is 13.2. The summed E-state index contributed by atoms with van der Waals surface area (Å²) in [6, 6.07) is 17.9. The Kier molecular flexibility index (Phi) is 5.18. The first-order valence-corrected chi connectivity index (χ1v) is 9.62. The molecule has 27 heavy (non-hydrogen) atoms. The highest BCUT2D eigenvalue weighted by Gasteiger charge is 2.17. The van der Waals surface area contributed by atoms with Crippen LogP contribution in [0, 0.1) is 5.82 Å². The van der Waals surface area contributed by atoms with E-state index < -0.39 is 0 Å². The number of carbonyl (C=O) groups excluding carboxylic acids is 1. The number of thiophene rings is 1. The molecular weight excluding hydrogens is 363 g/mol. The normalized spacial score (nSPS) is 14.2. The third-order valence-electron chi connectivity index (χ3n) is 4.47. The fourth-order valence-electron chi connectivity index (χ4n) is 3.11. The molecule has 0 atom stereocenters. The van der Waals surface area contributed by atoms with Crippen LogP contribution in [0.5, 0.6) is 0 Å². The highest BCUT2D eigenvalue weighted by molar-refractivity contribution is 7.17. The molecule has 1 saturated heterocycles. The zero-order chi connectivity index (χ0) is 18.6. The summed E-state index contributed by atoms with van der Waals surface area (Å²) in [5, 5.41) is 3.00. The first-order valence-electron chi connectivity index (χ1n) is 8.80. The van der Waals surface area contributed by atoms with Gasteiger partial charge in [0.05, 0.1) is 29.5 Å². The highest BCUT2D eigenvalue weighted by atomic mass is 32.1. The number of nitrogens with one attached hydrogen (secondary N) is 1. The molecule has 6 heteroatoms. The molecule has 0 aliphatic carbocycles. The van der Waals surface area contributed by atoms with Crippen LogP contribution in [0.25, 0.3) is 10.4 Å². The molecule has 2 heterocycles. The number of para-hydroxylation sites is 2. The second-order valence-corrected chi connectivity index (χ2v) is 7.30. The maximum atomic E-state index is 14.0. The van der Waals surface area contributed by atoms with Gasteiger partial charge in [-0.3, -0.25) is 4.79 Å². The second-order valence-electron chi connectivity index (χ2n) is 6.21. The van der Waals surface area contributed by atoms with Crippen LogP contribution in [0.15, 0.2) is 60.7 Å². The van der Waals surface area contributed by atoms with Crippen molar-refractivity contribution in [3.63, 3.8) is 0 Å². The van der Waals surface area contributed by atoms with E-state index in [0.717, 1.165) is 29.3 Å². The maximum absolute atomic E-state index is 14.0. The van der Waals surface area contributed by atoms with Crippen LogP contribution < -0.4 is 10.2 Å². The molecular formula is C21H19FN2O2S. The van der Waals surface area contributed by atoms with Crippen LogP contribution in [-0.4, -0.2) is 32.2 Å². The van der Waals surface area contributed by atoms with Crippen LogP contribution in [0.4, 0.5) is 15.8 Å². The minimum absolute atomic E-state index is 0.191. The monoisotopic (exact) mass is 382 g/mol. The lowest BCUT2D eigenvalue weighted by Gasteiger charge is -2.30. The van der Waals surface area contributed by atoms with Gasteiger partial charge in [-0.25, -0.2) is 4.39 Å². The Labute approximate surface area is 161 Å². The van der Waals surface area contributed by atoms with Crippen molar-refractivity contribution in [2.45, 2.75) is 0 Å².